The number of carboxylic acid groups (broad SMARTS) is 1. The summed E-state index contributed by atoms with van der Waals surface area (Å²) in [5.74, 6) is -2.38. The molecule has 2 unspecified atom stereocenters. The lowest BCUT2D eigenvalue weighted by Gasteiger charge is -2.17. The molecule has 0 aromatic heterocycles. The summed E-state index contributed by atoms with van der Waals surface area (Å²) in [6.07, 6.45) is -0.276. The Kier molecular flexibility index (Phi) is 7.25. The number of fused-ring (bicyclic) bond motifs is 3. The number of ether oxygens (including phenoxy) is 1. The predicted molar refractivity (Wildman–Crippen MR) is 114 cm³/mol. The van der Waals surface area contributed by atoms with Gasteiger partial charge in [0.05, 0.1) is 6.61 Å². The summed E-state index contributed by atoms with van der Waals surface area (Å²) in [6, 6.07) is 14.8. The minimum Gasteiger partial charge on any atom is -0.480 e. The molecule has 0 spiro atoms. The zero-order valence-electron chi connectivity index (χ0n) is 17.2. The zero-order chi connectivity index (χ0) is 22.4. The van der Waals surface area contributed by atoms with Crippen LogP contribution >= 0.6 is 0 Å². The highest BCUT2D eigenvalue weighted by Crippen LogP contribution is 2.44. The minimum atomic E-state index is -1.34. The van der Waals surface area contributed by atoms with Gasteiger partial charge in [-0.2, -0.15) is 0 Å². The van der Waals surface area contributed by atoms with Crippen LogP contribution in [-0.2, 0) is 14.3 Å². The molecule has 8 heteroatoms. The van der Waals surface area contributed by atoms with E-state index in [0.29, 0.717) is 6.42 Å². The Morgan fingerprint density at radius 3 is 2.16 bits per heavy atom. The van der Waals surface area contributed by atoms with Gasteiger partial charge in [-0.1, -0.05) is 55.5 Å². The molecule has 0 fully saturated rings. The maximum Gasteiger partial charge on any atom is 0.407 e. The van der Waals surface area contributed by atoms with E-state index >= 15 is 0 Å². The van der Waals surface area contributed by atoms with Crippen LogP contribution in [-0.4, -0.2) is 54.0 Å². The van der Waals surface area contributed by atoms with Crippen LogP contribution in [0.15, 0.2) is 48.5 Å². The van der Waals surface area contributed by atoms with Crippen molar-refractivity contribution in [2.75, 3.05) is 19.8 Å². The molecule has 164 valence electrons. The monoisotopic (exact) mass is 426 g/mol. The van der Waals surface area contributed by atoms with Gasteiger partial charge in [0.2, 0.25) is 5.91 Å². The number of alkyl carbamates (subject to hydrolysis) is 1. The van der Waals surface area contributed by atoms with E-state index in [1.807, 2.05) is 36.4 Å². The van der Waals surface area contributed by atoms with E-state index in [1.54, 1.807) is 6.92 Å². The summed E-state index contributed by atoms with van der Waals surface area (Å²) in [5, 5.41) is 22.7. The fourth-order valence-corrected chi connectivity index (χ4v) is 3.67. The molecule has 0 heterocycles. The lowest BCUT2D eigenvalue weighted by Crippen LogP contribution is -2.45. The van der Waals surface area contributed by atoms with E-state index in [2.05, 4.69) is 22.8 Å². The number of rotatable bonds is 9. The van der Waals surface area contributed by atoms with Gasteiger partial charge in [0, 0.05) is 18.4 Å². The SMILES string of the molecule is CC(CCNC(=O)OCC1c2ccccc2-c2ccccc21)C(=O)NC(CO)C(=O)O. The van der Waals surface area contributed by atoms with Crippen LogP contribution in [0.1, 0.15) is 30.4 Å². The average Bonchev–Trinajstić information content (AvgIpc) is 3.09. The van der Waals surface area contributed by atoms with E-state index in [1.165, 1.54) is 0 Å². The molecule has 31 heavy (non-hydrogen) atoms. The number of aliphatic carboxylic acids is 1. The van der Waals surface area contributed by atoms with E-state index in [4.69, 9.17) is 14.9 Å². The van der Waals surface area contributed by atoms with Gasteiger partial charge in [0.1, 0.15) is 12.6 Å². The third-order valence-corrected chi connectivity index (χ3v) is 5.44. The Morgan fingerprint density at radius 2 is 1.61 bits per heavy atom. The number of hydrogen-bond donors (Lipinski definition) is 4. The second-order valence-corrected chi connectivity index (χ2v) is 7.52. The van der Waals surface area contributed by atoms with E-state index in [0.717, 1.165) is 22.3 Å². The molecule has 1 aliphatic rings. The van der Waals surface area contributed by atoms with Gasteiger partial charge in [-0.05, 0) is 28.7 Å². The summed E-state index contributed by atoms with van der Waals surface area (Å²) >= 11 is 0. The number of carboxylic acids is 1. The van der Waals surface area contributed by atoms with Crippen LogP contribution in [0.4, 0.5) is 4.79 Å². The van der Waals surface area contributed by atoms with Crippen molar-refractivity contribution in [1.82, 2.24) is 10.6 Å². The van der Waals surface area contributed by atoms with Crippen molar-refractivity contribution in [3.8, 4) is 11.1 Å². The van der Waals surface area contributed by atoms with E-state index < -0.39 is 36.5 Å². The second-order valence-electron chi connectivity index (χ2n) is 7.52. The molecule has 2 amide bonds. The molecule has 4 N–H and O–H groups in total. The minimum absolute atomic E-state index is 0.0331. The summed E-state index contributed by atoms with van der Waals surface area (Å²) in [4.78, 5) is 35.0. The fraction of sp³-hybridized carbons (Fsp3) is 0.348. The average molecular weight is 426 g/mol. The Balaban J connectivity index is 1.47. The van der Waals surface area contributed by atoms with Crippen LogP contribution < -0.4 is 10.6 Å². The molecule has 0 bridgehead atoms. The zero-order valence-corrected chi connectivity index (χ0v) is 17.2. The van der Waals surface area contributed by atoms with Crippen LogP contribution in [0.2, 0.25) is 0 Å². The molecule has 3 rings (SSSR count). The summed E-state index contributed by atoms with van der Waals surface area (Å²) in [6.45, 7) is 1.33. The van der Waals surface area contributed by atoms with Crippen molar-refractivity contribution in [1.29, 1.82) is 0 Å². The first kappa shape index (κ1) is 22.3. The van der Waals surface area contributed by atoms with Crippen molar-refractivity contribution in [2.24, 2.45) is 5.92 Å². The number of carbonyl (C=O) groups excluding carboxylic acids is 2. The van der Waals surface area contributed by atoms with Crippen molar-refractivity contribution in [3.05, 3.63) is 59.7 Å². The third-order valence-electron chi connectivity index (χ3n) is 5.44. The Morgan fingerprint density at radius 1 is 1.03 bits per heavy atom. The highest BCUT2D eigenvalue weighted by Gasteiger charge is 2.29. The molecule has 2 aromatic rings. The van der Waals surface area contributed by atoms with Gasteiger partial charge in [-0.25, -0.2) is 9.59 Å². The summed E-state index contributed by atoms with van der Waals surface area (Å²) < 4.78 is 5.43. The lowest BCUT2D eigenvalue weighted by atomic mass is 9.98. The molecule has 1 aliphatic carbocycles. The van der Waals surface area contributed by atoms with Gasteiger partial charge in [-0.3, -0.25) is 4.79 Å². The van der Waals surface area contributed by atoms with E-state index in [9.17, 15) is 14.4 Å². The Hall–Kier alpha value is -3.39. The molecular formula is C23H26N2O6. The first-order valence-electron chi connectivity index (χ1n) is 10.1. The standard InChI is InChI=1S/C23H26N2O6/c1-14(21(27)25-20(12-26)22(28)29)10-11-24-23(30)31-13-19-17-8-4-2-6-15(17)16-7-3-5-9-18(16)19/h2-9,14,19-20,26H,10-13H2,1H3,(H,24,30)(H,25,27)(H,28,29). The molecule has 8 nitrogen and oxygen atoms in total. The molecule has 0 radical (unpaired) electrons. The molecule has 0 saturated carbocycles. The highest BCUT2D eigenvalue weighted by atomic mass is 16.5. The first-order chi connectivity index (χ1) is 14.9. The molecular weight excluding hydrogens is 400 g/mol. The largest absolute Gasteiger partial charge is 0.480 e. The van der Waals surface area contributed by atoms with Crippen LogP contribution in [0.3, 0.4) is 0 Å². The third kappa shape index (κ3) is 5.21. The number of hydrogen-bond acceptors (Lipinski definition) is 5. The molecule has 2 atom stereocenters. The van der Waals surface area contributed by atoms with Crippen LogP contribution in [0.5, 0.6) is 0 Å². The van der Waals surface area contributed by atoms with E-state index in [-0.39, 0.29) is 19.1 Å². The van der Waals surface area contributed by atoms with Gasteiger partial charge < -0.3 is 25.6 Å². The number of nitrogens with one attached hydrogen (secondary N) is 2. The lowest BCUT2D eigenvalue weighted by molar-refractivity contribution is -0.143. The first-order valence-corrected chi connectivity index (χ1v) is 10.1. The maximum absolute atomic E-state index is 12.1. The van der Waals surface area contributed by atoms with Gasteiger partial charge in [0.15, 0.2) is 0 Å². The quantitative estimate of drug-likeness (QED) is 0.487. The second kappa shape index (κ2) is 10.1. The Bertz CT molecular complexity index is 915. The summed E-state index contributed by atoms with van der Waals surface area (Å²) in [5.41, 5.74) is 4.54. The van der Waals surface area contributed by atoms with Gasteiger partial charge >= 0.3 is 12.1 Å². The number of carbonyl (C=O) groups is 3. The van der Waals surface area contributed by atoms with Crippen LogP contribution in [0, 0.1) is 5.92 Å². The molecule has 2 aromatic carbocycles. The van der Waals surface area contributed by atoms with Gasteiger partial charge in [0.25, 0.3) is 0 Å². The predicted octanol–water partition coefficient (Wildman–Crippen LogP) is 2.11. The Labute approximate surface area is 180 Å². The number of amides is 2. The highest BCUT2D eigenvalue weighted by molar-refractivity contribution is 5.85. The fourth-order valence-electron chi connectivity index (χ4n) is 3.67. The van der Waals surface area contributed by atoms with Crippen molar-refractivity contribution >= 4 is 18.0 Å². The van der Waals surface area contributed by atoms with Crippen molar-refractivity contribution in [3.63, 3.8) is 0 Å². The number of benzene rings is 2. The molecule has 0 aliphatic heterocycles. The molecule has 0 saturated heterocycles. The van der Waals surface area contributed by atoms with Crippen molar-refractivity contribution in [2.45, 2.75) is 25.3 Å². The number of aliphatic hydroxyl groups is 1. The number of aliphatic hydroxyl groups excluding tert-OH is 1. The topological polar surface area (TPSA) is 125 Å². The van der Waals surface area contributed by atoms with Gasteiger partial charge in [-0.15, -0.1) is 0 Å². The summed E-state index contributed by atoms with van der Waals surface area (Å²) in [7, 11) is 0. The maximum atomic E-state index is 12.1. The van der Waals surface area contributed by atoms with Crippen molar-refractivity contribution < 1.29 is 29.3 Å². The normalized spacial score (nSPS) is 14.1. The van der Waals surface area contributed by atoms with Crippen LogP contribution in [0.25, 0.3) is 11.1 Å². The smallest absolute Gasteiger partial charge is 0.407 e.